The van der Waals surface area contributed by atoms with E-state index in [1.54, 1.807) is 13.8 Å². The second-order valence-electron chi connectivity index (χ2n) is 6.63. The molecule has 0 radical (unpaired) electrons. The molecule has 4 N–H and O–H groups in total. The number of guanidine groups is 1. The number of carboxylic acids is 1. The topological polar surface area (TPSA) is 116 Å². The molecule has 0 rings (SSSR count). The highest BCUT2D eigenvalue weighted by molar-refractivity contribution is 5.93. The Balaban J connectivity index is 4.07. The highest BCUT2D eigenvalue weighted by Gasteiger charge is 2.11. The van der Waals surface area contributed by atoms with E-state index < -0.39 is 37.0 Å². The van der Waals surface area contributed by atoms with Crippen LogP contribution in [0.2, 0.25) is 0 Å². The van der Waals surface area contributed by atoms with Gasteiger partial charge in [-0.2, -0.15) is 4.99 Å². The van der Waals surface area contributed by atoms with Crippen LogP contribution in [-0.4, -0.2) is 52.1 Å². The Morgan fingerprint density at radius 3 is 2.17 bits per heavy atom. The van der Waals surface area contributed by atoms with E-state index in [1.807, 2.05) is 0 Å². The number of aliphatic carboxylic acids is 1. The van der Waals surface area contributed by atoms with Crippen LogP contribution in [0, 0.1) is 0 Å². The zero-order valence-electron chi connectivity index (χ0n) is 17.8. The zero-order valence-corrected chi connectivity index (χ0v) is 14.8. The van der Waals surface area contributed by atoms with Gasteiger partial charge in [-0.05, 0) is 26.7 Å². The van der Waals surface area contributed by atoms with Crippen molar-refractivity contribution >= 4 is 17.8 Å². The van der Waals surface area contributed by atoms with E-state index in [1.165, 1.54) is 0 Å². The van der Waals surface area contributed by atoms with E-state index in [-0.39, 0.29) is 6.42 Å². The first-order valence-corrected chi connectivity index (χ1v) is 8.42. The highest BCUT2D eigenvalue weighted by Crippen LogP contribution is 2.15. The van der Waals surface area contributed by atoms with Gasteiger partial charge in [0.1, 0.15) is 6.54 Å². The molecule has 0 saturated carbocycles. The average molecular weight is 346 g/mol. The molecule has 0 heterocycles. The summed E-state index contributed by atoms with van der Waals surface area (Å²) in [6.07, 6.45) is 7.57. The van der Waals surface area contributed by atoms with Gasteiger partial charge in [0.15, 0.2) is 5.96 Å². The maximum atomic E-state index is 11.8. The van der Waals surface area contributed by atoms with Crippen molar-refractivity contribution in [3.8, 4) is 0 Å². The minimum atomic E-state index is -2.78. The number of carboxylic acid groups (broad SMARTS) is 1. The molecule has 0 atom stereocenters. The van der Waals surface area contributed by atoms with Crippen LogP contribution >= 0.6 is 0 Å². The summed E-state index contributed by atoms with van der Waals surface area (Å²) in [5.74, 6) is -2.54. The Labute approximate surface area is 149 Å². The molecule has 7 heteroatoms. The Bertz CT molecular complexity index is 503. The minimum Gasteiger partial charge on any atom is -0.480 e. The first kappa shape index (κ1) is 17.2. The van der Waals surface area contributed by atoms with Crippen molar-refractivity contribution in [2.24, 2.45) is 10.7 Å². The molecule has 140 valence electrons. The SMILES string of the molecule is [2H]C([2H])([2H])N(CC(=O)O)C(N)=NC(=O)CCCCCCCCCC(C)(C)O. The molecule has 1 amide bonds. The van der Waals surface area contributed by atoms with Crippen molar-refractivity contribution in [2.45, 2.75) is 77.2 Å². The van der Waals surface area contributed by atoms with Crippen LogP contribution in [0.5, 0.6) is 0 Å². The molecule has 0 fully saturated rings. The van der Waals surface area contributed by atoms with Crippen LogP contribution in [0.1, 0.15) is 75.7 Å². The molecule has 0 aliphatic carbocycles. The number of unbranched alkanes of at least 4 members (excludes halogenated alkanes) is 6. The number of carbonyl (C=O) groups is 2. The van der Waals surface area contributed by atoms with Crippen molar-refractivity contribution in [1.82, 2.24) is 4.90 Å². The van der Waals surface area contributed by atoms with Crippen LogP contribution in [0.3, 0.4) is 0 Å². The normalized spacial score (nSPS) is 14.6. The number of nitrogens with zero attached hydrogens (tertiary/aromatic N) is 2. The van der Waals surface area contributed by atoms with Crippen molar-refractivity contribution in [2.75, 3.05) is 13.5 Å². The summed E-state index contributed by atoms with van der Waals surface area (Å²) in [5, 5.41) is 18.4. The molecular formula is C17H33N3O4. The molecule has 0 aromatic carbocycles. The molecule has 0 spiro atoms. The third-order valence-electron chi connectivity index (χ3n) is 3.49. The zero-order chi connectivity index (χ0) is 21.1. The number of likely N-dealkylation sites (N-methyl/N-ethyl adjacent to an activating group) is 1. The summed E-state index contributed by atoms with van der Waals surface area (Å²) >= 11 is 0. The molecule has 0 unspecified atom stereocenters. The third kappa shape index (κ3) is 14.0. The first-order valence-electron chi connectivity index (χ1n) is 9.92. The van der Waals surface area contributed by atoms with Crippen LogP contribution in [0.15, 0.2) is 4.99 Å². The standard InChI is InChI=1S/C17H33N3O4/c1-17(2,24)12-10-8-6-4-5-7-9-11-14(21)19-16(18)20(3)13-15(22)23/h24H,4-13H2,1-3H3,(H,22,23)(H2,18,19,21)/i3D3. The van der Waals surface area contributed by atoms with Gasteiger partial charge in [-0.3, -0.25) is 9.59 Å². The lowest BCUT2D eigenvalue weighted by Crippen LogP contribution is -2.38. The maximum Gasteiger partial charge on any atom is 0.323 e. The average Bonchev–Trinajstić information content (AvgIpc) is 2.48. The smallest absolute Gasteiger partial charge is 0.323 e. The van der Waals surface area contributed by atoms with Gasteiger partial charge in [-0.1, -0.05) is 38.5 Å². The number of hydrogen-bond donors (Lipinski definition) is 3. The van der Waals surface area contributed by atoms with Crippen molar-refractivity contribution < 1.29 is 23.9 Å². The number of nitrogens with two attached hydrogens (primary N) is 1. The second kappa shape index (κ2) is 11.8. The fraction of sp³-hybridized carbons (Fsp3) is 0.824. The van der Waals surface area contributed by atoms with Crippen LogP contribution in [-0.2, 0) is 9.59 Å². The van der Waals surface area contributed by atoms with Gasteiger partial charge in [0.2, 0.25) is 5.91 Å². The fourth-order valence-corrected chi connectivity index (χ4v) is 2.18. The number of aliphatic imine (C=N–C) groups is 1. The van der Waals surface area contributed by atoms with Crippen molar-refractivity contribution in [3.05, 3.63) is 0 Å². The van der Waals surface area contributed by atoms with Gasteiger partial charge in [-0.25, -0.2) is 0 Å². The predicted molar refractivity (Wildman–Crippen MR) is 94.7 cm³/mol. The van der Waals surface area contributed by atoms with Crippen LogP contribution in [0.25, 0.3) is 0 Å². The molecular weight excluding hydrogens is 310 g/mol. The summed E-state index contributed by atoms with van der Waals surface area (Å²) in [5.41, 5.74) is 4.89. The summed E-state index contributed by atoms with van der Waals surface area (Å²) in [6, 6.07) is 0. The van der Waals surface area contributed by atoms with Gasteiger partial charge in [0.05, 0.1) is 5.60 Å². The van der Waals surface area contributed by atoms with Crippen LogP contribution < -0.4 is 5.73 Å². The number of amides is 1. The number of rotatable bonds is 12. The van der Waals surface area contributed by atoms with E-state index in [4.69, 9.17) is 15.0 Å². The molecule has 0 aromatic heterocycles. The Kier molecular flexibility index (Phi) is 8.48. The minimum absolute atomic E-state index is 0.140. The maximum absolute atomic E-state index is 11.8. The van der Waals surface area contributed by atoms with E-state index in [0.29, 0.717) is 11.3 Å². The molecule has 0 aliphatic heterocycles. The number of carbonyl (C=O) groups excluding carboxylic acids is 1. The van der Waals surface area contributed by atoms with E-state index >= 15 is 0 Å². The monoisotopic (exact) mass is 346 g/mol. The van der Waals surface area contributed by atoms with Gasteiger partial charge in [0, 0.05) is 17.5 Å². The molecule has 24 heavy (non-hydrogen) atoms. The molecule has 0 saturated heterocycles. The van der Waals surface area contributed by atoms with Crippen molar-refractivity contribution in [3.63, 3.8) is 0 Å². The molecule has 0 bridgehead atoms. The fourth-order valence-electron chi connectivity index (χ4n) is 2.18. The third-order valence-corrected chi connectivity index (χ3v) is 3.49. The first-order chi connectivity index (χ1) is 12.3. The predicted octanol–water partition coefficient (Wildman–Crippen LogP) is 2.13. The summed E-state index contributed by atoms with van der Waals surface area (Å²) < 4.78 is 21.8. The van der Waals surface area contributed by atoms with Crippen molar-refractivity contribution in [1.29, 1.82) is 0 Å². The molecule has 0 aliphatic rings. The van der Waals surface area contributed by atoms with Crippen LogP contribution in [0.4, 0.5) is 0 Å². The van der Waals surface area contributed by atoms with Gasteiger partial charge >= 0.3 is 5.97 Å². The molecule has 0 aromatic rings. The van der Waals surface area contributed by atoms with E-state index in [9.17, 15) is 14.7 Å². The Morgan fingerprint density at radius 1 is 1.12 bits per heavy atom. The van der Waals surface area contributed by atoms with E-state index in [2.05, 4.69) is 4.99 Å². The molecule has 7 nitrogen and oxygen atoms in total. The highest BCUT2D eigenvalue weighted by atomic mass is 16.4. The number of aliphatic hydroxyl groups is 1. The lowest BCUT2D eigenvalue weighted by Gasteiger charge is -2.16. The number of hydrogen-bond acceptors (Lipinski definition) is 3. The summed E-state index contributed by atoms with van der Waals surface area (Å²) in [6.45, 7) is -0.0272. The largest absolute Gasteiger partial charge is 0.480 e. The van der Waals surface area contributed by atoms with E-state index in [0.717, 1.165) is 44.9 Å². The van der Waals surface area contributed by atoms with Gasteiger partial charge in [-0.15, -0.1) is 0 Å². The van der Waals surface area contributed by atoms with Gasteiger partial charge < -0.3 is 20.8 Å². The second-order valence-corrected chi connectivity index (χ2v) is 6.63. The quantitative estimate of drug-likeness (QED) is 0.283. The van der Waals surface area contributed by atoms with Gasteiger partial charge in [0.25, 0.3) is 0 Å². The Hall–Kier alpha value is -1.63. The lowest BCUT2D eigenvalue weighted by molar-refractivity contribution is -0.137. The summed E-state index contributed by atoms with van der Waals surface area (Å²) in [4.78, 5) is 26.5. The lowest BCUT2D eigenvalue weighted by atomic mass is 9.99. The Morgan fingerprint density at radius 2 is 1.67 bits per heavy atom. The summed E-state index contributed by atoms with van der Waals surface area (Å²) in [7, 11) is 0.